The second kappa shape index (κ2) is 10.0. The van der Waals surface area contributed by atoms with E-state index in [1.165, 1.54) is 5.56 Å². The van der Waals surface area contributed by atoms with Crippen molar-refractivity contribution < 1.29 is 6.22 Å². The lowest BCUT2D eigenvalue weighted by Gasteiger charge is -2.08. The van der Waals surface area contributed by atoms with Gasteiger partial charge in [0.05, 0.1) is 6.04 Å². The van der Waals surface area contributed by atoms with E-state index in [4.69, 9.17) is 5.73 Å². The Hall–Kier alpha value is -1.15. The zero-order valence-electron chi connectivity index (χ0n) is 11.3. The molecular weight excluding hydrogens is 210 g/mol. The lowest BCUT2D eigenvalue weighted by Crippen LogP contribution is -2.29. The first-order valence-corrected chi connectivity index (χ1v) is 6.56. The highest BCUT2D eigenvalue weighted by Gasteiger charge is 2.09. The first kappa shape index (κ1) is 15.9. The molecule has 98 valence electrons. The molecule has 0 aliphatic heterocycles. The Morgan fingerprint density at radius 3 is 2.41 bits per heavy atom. The van der Waals surface area contributed by atoms with Gasteiger partial charge >= 0.3 is 0 Å². The van der Waals surface area contributed by atoms with E-state index in [-0.39, 0.29) is 13.3 Å². The van der Waals surface area contributed by atoms with Crippen molar-refractivity contribution in [1.29, 1.82) is 0 Å². The van der Waals surface area contributed by atoms with Gasteiger partial charge in [-0.05, 0) is 24.8 Å². The van der Waals surface area contributed by atoms with Crippen LogP contribution in [0.15, 0.2) is 30.3 Å². The Morgan fingerprint density at radius 1 is 1.29 bits per heavy atom. The van der Waals surface area contributed by atoms with E-state index in [1.54, 1.807) is 0 Å². The zero-order valence-corrected chi connectivity index (χ0v) is 11.3. The minimum Gasteiger partial charge on any atom is -0.322 e. The van der Waals surface area contributed by atoms with E-state index in [2.05, 4.69) is 12.1 Å². The lowest BCUT2D eigenvalue weighted by molar-refractivity contribution is -0.120. The van der Waals surface area contributed by atoms with Gasteiger partial charge in [-0.25, -0.2) is 0 Å². The van der Waals surface area contributed by atoms with Gasteiger partial charge in [0, 0.05) is 7.85 Å². The smallest absolute Gasteiger partial charge is 0.149 e. The highest BCUT2D eigenvalue weighted by molar-refractivity contribution is 5.83. The standard InChI is InChI=1S/C13H19NO.C2H6.H2/c1-2-13(15)12(14)10-6-9-11-7-4-3-5-8-11;1-2;/h3-5,7-8,12H,2,6,9-10,14H2,1H3;1-2H3;1H. The Labute approximate surface area is 107 Å². The molecule has 0 bridgehead atoms. The Morgan fingerprint density at radius 2 is 1.88 bits per heavy atom. The Kier molecular flexibility index (Phi) is 9.35. The number of benzene rings is 1. The van der Waals surface area contributed by atoms with Gasteiger partial charge < -0.3 is 5.73 Å². The van der Waals surface area contributed by atoms with Crippen LogP contribution in [0.3, 0.4) is 0 Å². The van der Waals surface area contributed by atoms with Gasteiger partial charge in [0.15, 0.2) is 0 Å². The zero-order chi connectivity index (χ0) is 13.1. The van der Waals surface area contributed by atoms with Gasteiger partial charge in [-0.2, -0.15) is 0 Å². The average Bonchev–Trinajstić information content (AvgIpc) is 2.41. The molecule has 0 aliphatic carbocycles. The molecule has 1 unspecified atom stereocenters. The molecule has 0 radical (unpaired) electrons. The van der Waals surface area contributed by atoms with Gasteiger partial charge in [0.1, 0.15) is 5.78 Å². The number of ketones is 1. The molecule has 0 saturated carbocycles. The van der Waals surface area contributed by atoms with Gasteiger partial charge in [0.25, 0.3) is 0 Å². The molecule has 0 fully saturated rings. The molecule has 1 atom stereocenters. The van der Waals surface area contributed by atoms with E-state index in [9.17, 15) is 4.79 Å². The summed E-state index contributed by atoms with van der Waals surface area (Å²) in [4.78, 5) is 11.2. The van der Waals surface area contributed by atoms with Crippen molar-refractivity contribution in [2.75, 3.05) is 0 Å². The third-order valence-electron chi connectivity index (χ3n) is 2.59. The predicted molar refractivity (Wildman–Crippen MR) is 76.1 cm³/mol. The second-order valence-electron chi connectivity index (χ2n) is 3.80. The molecule has 0 saturated heterocycles. The molecule has 2 heteroatoms. The molecule has 0 aromatic heterocycles. The summed E-state index contributed by atoms with van der Waals surface area (Å²) < 4.78 is 0. The topological polar surface area (TPSA) is 43.1 Å². The minimum absolute atomic E-state index is 0. The summed E-state index contributed by atoms with van der Waals surface area (Å²) in [5.74, 6) is 0.170. The quantitative estimate of drug-likeness (QED) is 0.821. The summed E-state index contributed by atoms with van der Waals surface area (Å²) in [6.07, 6.45) is 3.33. The minimum atomic E-state index is -0.265. The fraction of sp³-hybridized carbons (Fsp3) is 0.533. The third kappa shape index (κ3) is 6.90. The van der Waals surface area contributed by atoms with E-state index in [0.29, 0.717) is 6.42 Å². The molecule has 1 aromatic rings. The molecule has 0 amide bonds. The van der Waals surface area contributed by atoms with Crippen LogP contribution >= 0.6 is 0 Å². The van der Waals surface area contributed by atoms with Crippen LogP contribution in [0.1, 0.15) is 47.0 Å². The van der Waals surface area contributed by atoms with Crippen molar-refractivity contribution in [3.8, 4) is 0 Å². The Balaban J connectivity index is 0. The second-order valence-corrected chi connectivity index (χ2v) is 3.80. The number of aryl methyl sites for hydroxylation is 1. The summed E-state index contributed by atoms with van der Waals surface area (Å²) in [6.45, 7) is 5.86. The summed E-state index contributed by atoms with van der Waals surface area (Å²) in [5.41, 5.74) is 7.06. The summed E-state index contributed by atoms with van der Waals surface area (Å²) in [6, 6.07) is 10.0. The molecule has 2 N–H and O–H groups in total. The van der Waals surface area contributed by atoms with Crippen molar-refractivity contribution in [2.24, 2.45) is 5.73 Å². The number of carbonyl (C=O) groups excluding carboxylic acids is 1. The molecule has 0 heterocycles. The van der Waals surface area contributed by atoms with Crippen LogP contribution in [0, 0.1) is 0 Å². The fourth-order valence-corrected chi connectivity index (χ4v) is 1.59. The average molecular weight is 237 g/mol. The van der Waals surface area contributed by atoms with Gasteiger partial charge in [-0.3, -0.25) is 4.79 Å². The van der Waals surface area contributed by atoms with E-state index in [1.807, 2.05) is 39.0 Å². The van der Waals surface area contributed by atoms with Crippen LogP contribution in [0.5, 0.6) is 0 Å². The van der Waals surface area contributed by atoms with Crippen LogP contribution in [0.2, 0.25) is 0 Å². The molecular formula is C15H27NO. The van der Waals surface area contributed by atoms with Crippen LogP contribution in [0.25, 0.3) is 0 Å². The molecule has 17 heavy (non-hydrogen) atoms. The maximum Gasteiger partial charge on any atom is 0.149 e. The van der Waals surface area contributed by atoms with Crippen molar-refractivity contribution in [1.82, 2.24) is 0 Å². The van der Waals surface area contributed by atoms with Crippen molar-refractivity contribution in [3.63, 3.8) is 0 Å². The monoisotopic (exact) mass is 237 g/mol. The first-order chi connectivity index (χ1) is 8.24. The maximum atomic E-state index is 11.2. The third-order valence-corrected chi connectivity index (χ3v) is 2.59. The molecule has 1 aromatic carbocycles. The number of carbonyl (C=O) groups is 1. The van der Waals surface area contributed by atoms with Crippen LogP contribution in [0.4, 0.5) is 0 Å². The highest BCUT2D eigenvalue weighted by Crippen LogP contribution is 2.06. The first-order valence-electron chi connectivity index (χ1n) is 6.56. The van der Waals surface area contributed by atoms with Crippen LogP contribution in [-0.2, 0) is 11.2 Å². The highest BCUT2D eigenvalue weighted by atomic mass is 16.1. The van der Waals surface area contributed by atoms with Gasteiger partial charge in [-0.1, -0.05) is 51.1 Å². The number of hydrogen-bond donors (Lipinski definition) is 1. The van der Waals surface area contributed by atoms with E-state index < -0.39 is 0 Å². The summed E-state index contributed by atoms with van der Waals surface area (Å²) in [5, 5.41) is 0. The summed E-state index contributed by atoms with van der Waals surface area (Å²) in [7, 11) is 0. The molecule has 0 spiro atoms. The molecule has 1 rings (SSSR count). The normalized spacial score (nSPS) is 11.3. The SMILES string of the molecule is CC.CCC(=O)C(N)CCCc1ccccc1.[HH]. The van der Waals surface area contributed by atoms with Crippen molar-refractivity contribution >= 4 is 5.78 Å². The van der Waals surface area contributed by atoms with Gasteiger partial charge in [0.2, 0.25) is 0 Å². The molecule has 0 aliphatic rings. The van der Waals surface area contributed by atoms with Crippen LogP contribution in [-0.4, -0.2) is 11.8 Å². The van der Waals surface area contributed by atoms with Crippen molar-refractivity contribution in [3.05, 3.63) is 35.9 Å². The largest absolute Gasteiger partial charge is 0.322 e. The van der Waals surface area contributed by atoms with Gasteiger partial charge in [-0.15, -0.1) is 0 Å². The maximum absolute atomic E-state index is 11.2. The number of rotatable bonds is 6. The Bertz CT molecular complexity index is 301. The van der Waals surface area contributed by atoms with E-state index >= 15 is 0 Å². The number of Topliss-reactive ketones (excluding diaryl/α,β-unsaturated/α-hetero) is 1. The number of hydrogen-bond acceptors (Lipinski definition) is 2. The van der Waals surface area contributed by atoms with Crippen LogP contribution < -0.4 is 5.73 Å². The number of nitrogens with two attached hydrogens (primary N) is 1. The van der Waals surface area contributed by atoms with Crippen molar-refractivity contribution in [2.45, 2.75) is 52.5 Å². The lowest BCUT2D eigenvalue weighted by atomic mass is 10.0. The summed E-state index contributed by atoms with van der Waals surface area (Å²) >= 11 is 0. The molecule has 2 nitrogen and oxygen atoms in total. The fourth-order valence-electron chi connectivity index (χ4n) is 1.59. The van der Waals surface area contributed by atoms with E-state index in [0.717, 1.165) is 19.3 Å². The predicted octanol–water partition coefficient (Wildman–Crippen LogP) is 3.59.